The highest BCUT2D eigenvalue weighted by Crippen LogP contribution is 2.61. The van der Waals surface area contributed by atoms with E-state index in [1.54, 1.807) is 28.7 Å². The number of pyridine rings is 1. The van der Waals surface area contributed by atoms with Crippen LogP contribution in [-0.4, -0.2) is 58.9 Å². The number of rotatable bonds is 8. The molecule has 3 aliphatic rings. The summed E-state index contributed by atoms with van der Waals surface area (Å²) >= 11 is 0. The maximum Gasteiger partial charge on any atom is 0.274 e. The number of carbonyl (C=O) groups excluding carboxylic acids is 2. The molecule has 2 bridgehead atoms. The number of hydrogen-bond acceptors (Lipinski definition) is 4. The lowest BCUT2D eigenvalue weighted by Gasteiger charge is -2.60. The first-order valence-corrected chi connectivity index (χ1v) is 11.8. The normalized spacial score (nSPS) is 23.8. The molecule has 32 heavy (non-hydrogen) atoms. The van der Waals surface area contributed by atoms with Crippen molar-refractivity contribution < 1.29 is 14.3 Å². The van der Waals surface area contributed by atoms with E-state index in [9.17, 15) is 9.59 Å². The highest BCUT2D eigenvalue weighted by molar-refractivity contribution is 5.95. The van der Waals surface area contributed by atoms with Crippen molar-refractivity contribution in [2.45, 2.75) is 53.0 Å². The van der Waals surface area contributed by atoms with Gasteiger partial charge in [-0.25, -0.2) is 4.98 Å². The largest absolute Gasteiger partial charge is 0.383 e. The van der Waals surface area contributed by atoms with Crippen molar-refractivity contribution >= 4 is 17.5 Å². The lowest BCUT2D eigenvalue weighted by atomic mass is 9.45. The van der Waals surface area contributed by atoms with Gasteiger partial charge in [0.15, 0.2) is 0 Å². The van der Waals surface area contributed by atoms with E-state index in [1.807, 2.05) is 26.0 Å². The Kier molecular flexibility index (Phi) is 6.30. The third-order valence-electron chi connectivity index (χ3n) is 7.89. The number of fused-ring (bicyclic) bond motifs is 3. The van der Waals surface area contributed by atoms with Crippen molar-refractivity contribution in [1.29, 1.82) is 0 Å². The molecule has 0 saturated heterocycles. The molecular weight excluding hydrogens is 404 g/mol. The van der Waals surface area contributed by atoms with Crippen LogP contribution in [0.5, 0.6) is 0 Å². The maximum absolute atomic E-state index is 13.1. The smallest absolute Gasteiger partial charge is 0.274 e. The van der Waals surface area contributed by atoms with Gasteiger partial charge in [-0.05, 0) is 68.4 Å². The fraction of sp³-hybridized carbons (Fsp3) is 0.640. The number of methoxy groups -OCH3 is 1. The Morgan fingerprint density at radius 3 is 2.75 bits per heavy atom. The Balaban J connectivity index is 1.49. The number of aromatic nitrogens is 2. The Morgan fingerprint density at radius 2 is 2.09 bits per heavy atom. The number of amides is 2. The van der Waals surface area contributed by atoms with Crippen LogP contribution < -0.4 is 5.32 Å². The van der Waals surface area contributed by atoms with E-state index in [4.69, 9.17) is 4.74 Å². The summed E-state index contributed by atoms with van der Waals surface area (Å²) in [7, 11) is 1.62. The molecule has 0 aromatic carbocycles. The molecule has 0 unspecified atom stereocenters. The Bertz CT molecular complexity index is 994. The van der Waals surface area contributed by atoms with Crippen molar-refractivity contribution in [3.8, 4) is 0 Å². The van der Waals surface area contributed by atoms with E-state index in [-0.39, 0.29) is 17.9 Å². The zero-order valence-corrected chi connectivity index (χ0v) is 19.9. The molecule has 2 aromatic rings. The zero-order chi connectivity index (χ0) is 23.0. The number of hydrogen-bond donors (Lipinski definition) is 1. The number of ether oxygens (including phenoxy) is 1. The molecule has 3 fully saturated rings. The van der Waals surface area contributed by atoms with Crippen LogP contribution in [0.15, 0.2) is 24.4 Å². The second-order valence-corrected chi connectivity index (χ2v) is 10.3. The summed E-state index contributed by atoms with van der Waals surface area (Å²) in [6, 6.07) is 5.45. The average molecular weight is 441 g/mol. The summed E-state index contributed by atoms with van der Waals surface area (Å²) < 4.78 is 6.87. The van der Waals surface area contributed by atoms with E-state index in [2.05, 4.69) is 24.1 Å². The standard InChI is InChI=1S/C25H36N4O3/c1-16(2)28(11-12-32-5)24(31)20-15-29-21(7-6-8-22(29)27-20)23(30)26-14-17-9-10-18-13-19(17)25(18,3)4/h6-8,15-19H,9-14H2,1-5H3,(H,26,30)/t17-,18-,19-/m0/s1. The van der Waals surface area contributed by atoms with Gasteiger partial charge in [-0.3, -0.25) is 14.0 Å². The molecule has 174 valence electrons. The van der Waals surface area contributed by atoms with Crippen molar-refractivity contribution in [3.63, 3.8) is 0 Å². The molecule has 7 nitrogen and oxygen atoms in total. The molecule has 0 spiro atoms. The Morgan fingerprint density at radius 1 is 1.31 bits per heavy atom. The van der Waals surface area contributed by atoms with Crippen molar-refractivity contribution in [2.24, 2.45) is 23.2 Å². The fourth-order valence-corrected chi connectivity index (χ4v) is 5.75. The predicted molar refractivity (Wildman–Crippen MR) is 124 cm³/mol. The van der Waals surface area contributed by atoms with E-state index < -0.39 is 0 Å². The molecule has 7 heteroatoms. The van der Waals surface area contributed by atoms with Gasteiger partial charge in [-0.15, -0.1) is 0 Å². The first kappa shape index (κ1) is 22.8. The molecule has 2 heterocycles. The number of nitrogens with one attached hydrogen (secondary N) is 1. The molecule has 5 rings (SSSR count). The van der Waals surface area contributed by atoms with Gasteiger partial charge in [0.25, 0.3) is 11.8 Å². The molecule has 2 amide bonds. The van der Waals surface area contributed by atoms with Crippen LogP contribution in [0.4, 0.5) is 0 Å². The summed E-state index contributed by atoms with van der Waals surface area (Å²) in [6.07, 6.45) is 5.43. The molecular formula is C25H36N4O3. The van der Waals surface area contributed by atoms with Crippen LogP contribution in [0.1, 0.15) is 67.9 Å². The van der Waals surface area contributed by atoms with Crippen LogP contribution in [0.25, 0.3) is 5.65 Å². The molecule has 0 aliphatic heterocycles. The topological polar surface area (TPSA) is 75.9 Å². The zero-order valence-electron chi connectivity index (χ0n) is 19.9. The first-order valence-electron chi connectivity index (χ1n) is 11.8. The third kappa shape index (κ3) is 4.03. The van der Waals surface area contributed by atoms with Crippen molar-refractivity contribution in [3.05, 3.63) is 35.8 Å². The number of imidazole rings is 1. The maximum atomic E-state index is 13.1. The molecule has 0 radical (unpaired) electrons. The first-order chi connectivity index (χ1) is 15.2. The average Bonchev–Trinajstić information content (AvgIpc) is 3.21. The SMILES string of the molecule is COCCN(C(=O)c1cn2c(C(=O)NC[C@@H]3CC[C@H]4C[C@@H]3C4(C)C)cccc2n1)C(C)C. The Hall–Kier alpha value is -2.41. The van der Waals surface area contributed by atoms with Crippen LogP contribution in [-0.2, 0) is 4.74 Å². The minimum atomic E-state index is -0.156. The van der Waals surface area contributed by atoms with Gasteiger partial charge < -0.3 is 15.0 Å². The van der Waals surface area contributed by atoms with E-state index in [0.717, 1.165) is 5.92 Å². The minimum absolute atomic E-state index is 0.0241. The van der Waals surface area contributed by atoms with Gasteiger partial charge in [0.1, 0.15) is 17.0 Å². The molecule has 3 aliphatic carbocycles. The van der Waals surface area contributed by atoms with Crippen LogP contribution in [0.2, 0.25) is 0 Å². The molecule has 3 saturated carbocycles. The van der Waals surface area contributed by atoms with E-state index >= 15 is 0 Å². The molecule has 2 aromatic heterocycles. The second kappa shape index (κ2) is 8.85. The highest BCUT2D eigenvalue weighted by Gasteiger charge is 2.53. The predicted octanol–water partition coefficient (Wildman–Crippen LogP) is 3.63. The Labute approximate surface area is 190 Å². The van der Waals surface area contributed by atoms with Gasteiger partial charge in [-0.2, -0.15) is 0 Å². The highest BCUT2D eigenvalue weighted by atomic mass is 16.5. The van der Waals surface area contributed by atoms with Crippen molar-refractivity contribution in [2.75, 3.05) is 26.8 Å². The van der Waals surface area contributed by atoms with Gasteiger partial charge in [0.05, 0.1) is 6.61 Å². The minimum Gasteiger partial charge on any atom is -0.383 e. The van der Waals surface area contributed by atoms with E-state index in [1.165, 1.54) is 19.3 Å². The lowest BCUT2D eigenvalue weighted by Crippen LogP contribution is -2.54. The monoisotopic (exact) mass is 440 g/mol. The lowest BCUT2D eigenvalue weighted by molar-refractivity contribution is -0.103. The summed E-state index contributed by atoms with van der Waals surface area (Å²) in [4.78, 5) is 32.4. The van der Waals surface area contributed by atoms with E-state index in [0.29, 0.717) is 54.0 Å². The van der Waals surface area contributed by atoms with Crippen LogP contribution >= 0.6 is 0 Å². The molecule has 1 N–H and O–H groups in total. The third-order valence-corrected chi connectivity index (χ3v) is 7.89. The quantitative estimate of drug-likeness (QED) is 0.680. The van der Waals surface area contributed by atoms with Crippen molar-refractivity contribution in [1.82, 2.24) is 19.6 Å². The fourth-order valence-electron chi connectivity index (χ4n) is 5.75. The number of nitrogens with zero attached hydrogens (tertiary/aromatic N) is 3. The summed E-state index contributed by atoms with van der Waals surface area (Å²) in [5, 5.41) is 3.16. The summed E-state index contributed by atoms with van der Waals surface area (Å²) in [5.41, 5.74) is 1.84. The van der Waals surface area contributed by atoms with Crippen LogP contribution in [0.3, 0.4) is 0 Å². The van der Waals surface area contributed by atoms with Gasteiger partial charge >= 0.3 is 0 Å². The molecule has 3 atom stereocenters. The van der Waals surface area contributed by atoms with Gasteiger partial charge in [0.2, 0.25) is 0 Å². The van der Waals surface area contributed by atoms with Crippen LogP contribution in [0, 0.1) is 23.2 Å². The van der Waals surface area contributed by atoms with Gasteiger partial charge in [-0.1, -0.05) is 19.9 Å². The summed E-state index contributed by atoms with van der Waals surface area (Å²) in [5.74, 6) is 1.81. The number of carbonyl (C=O) groups is 2. The second-order valence-electron chi connectivity index (χ2n) is 10.3. The summed E-state index contributed by atoms with van der Waals surface area (Å²) in [6.45, 7) is 10.3. The van der Waals surface area contributed by atoms with Gasteiger partial charge in [0, 0.05) is 32.4 Å².